The van der Waals surface area contributed by atoms with Gasteiger partial charge in [0.2, 0.25) is 0 Å². The molecule has 0 saturated carbocycles. The summed E-state index contributed by atoms with van der Waals surface area (Å²) < 4.78 is 0. The van der Waals surface area contributed by atoms with E-state index in [1.165, 1.54) is 11.3 Å². The summed E-state index contributed by atoms with van der Waals surface area (Å²) >= 11 is 7.55. The number of benzene rings is 1. The maximum absolute atomic E-state index is 12.9. The number of hydrogen-bond acceptors (Lipinski definition) is 6. The van der Waals surface area contributed by atoms with Crippen LogP contribution in [0, 0.1) is 35.0 Å². The quantitative estimate of drug-likeness (QED) is 0.476. The average Bonchev–Trinajstić information content (AvgIpc) is 3.23. The minimum atomic E-state index is -0.386. The second-order valence-corrected chi connectivity index (χ2v) is 9.69. The molecule has 0 atom stereocenters. The third kappa shape index (κ3) is 4.98. The molecule has 0 bridgehead atoms. The number of nitrogens with one attached hydrogen (secondary N) is 1. The largest absolute Gasteiger partial charge is 0.324 e. The van der Waals surface area contributed by atoms with E-state index >= 15 is 0 Å². The van der Waals surface area contributed by atoms with Crippen LogP contribution in [0.1, 0.15) is 31.0 Å². The molecular weight excluding hydrogens is 456 g/mol. The van der Waals surface area contributed by atoms with Gasteiger partial charge in [0.15, 0.2) is 5.13 Å². The Hall–Kier alpha value is -3.46. The molecule has 166 valence electrons. The van der Waals surface area contributed by atoms with E-state index < -0.39 is 0 Å². The summed E-state index contributed by atoms with van der Waals surface area (Å²) in [5, 5.41) is 22.4. The van der Waals surface area contributed by atoms with Crippen molar-refractivity contribution in [2.45, 2.75) is 26.7 Å². The molecule has 1 fully saturated rings. The maximum Gasteiger partial charge on any atom is 0.323 e. The molecule has 0 spiro atoms. The van der Waals surface area contributed by atoms with Gasteiger partial charge in [-0.1, -0.05) is 35.1 Å². The summed E-state index contributed by atoms with van der Waals surface area (Å²) in [6, 6.07) is 15.1. The third-order valence-electron chi connectivity index (χ3n) is 5.71. The molecule has 1 N–H and O–H groups in total. The van der Waals surface area contributed by atoms with Crippen LogP contribution in [0.25, 0.3) is 21.7 Å². The predicted octanol–water partition coefficient (Wildman–Crippen LogP) is 5.86. The van der Waals surface area contributed by atoms with Crippen molar-refractivity contribution in [1.82, 2.24) is 14.9 Å². The maximum atomic E-state index is 12.9. The van der Waals surface area contributed by atoms with Crippen LogP contribution in [0.2, 0.25) is 5.15 Å². The van der Waals surface area contributed by atoms with Gasteiger partial charge < -0.3 is 4.90 Å². The Morgan fingerprint density at radius 3 is 2.61 bits per heavy atom. The van der Waals surface area contributed by atoms with Gasteiger partial charge >= 0.3 is 6.03 Å². The normalized spacial score (nSPS) is 14.9. The Bertz CT molecular complexity index is 1280. The van der Waals surface area contributed by atoms with Crippen LogP contribution in [-0.4, -0.2) is 34.0 Å². The number of halogens is 1. The number of pyridine rings is 1. The molecule has 0 aliphatic carbocycles. The third-order valence-corrected chi connectivity index (χ3v) is 6.93. The molecule has 1 saturated heterocycles. The first kappa shape index (κ1) is 22.7. The highest BCUT2D eigenvalue weighted by molar-refractivity contribution is 7.19. The van der Waals surface area contributed by atoms with Gasteiger partial charge in [-0.2, -0.15) is 10.5 Å². The second kappa shape index (κ2) is 9.19. The van der Waals surface area contributed by atoms with Crippen LogP contribution in [0.3, 0.4) is 0 Å². The number of amides is 2. The van der Waals surface area contributed by atoms with E-state index in [1.807, 2.05) is 26.0 Å². The number of anilines is 1. The average molecular weight is 477 g/mol. The lowest BCUT2D eigenvalue weighted by Crippen LogP contribution is -2.43. The Morgan fingerprint density at radius 2 is 1.94 bits per heavy atom. The number of carbonyl (C=O) groups excluding carboxylic acids is 1. The predicted molar refractivity (Wildman–Crippen MR) is 129 cm³/mol. The van der Waals surface area contributed by atoms with Crippen LogP contribution in [0.15, 0.2) is 36.4 Å². The van der Waals surface area contributed by atoms with Gasteiger partial charge in [0.25, 0.3) is 0 Å². The fourth-order valence-electron chi connectivity index (χ4n) is 3.75. The minimum absolute atomic E-state index is 0.239. The van der Waals surface area contributed by atoms with Crippen LogP contribution in [-0.2, 0) is 0 Å². The Kier molecular flexibility index (Phi) is 6.33. The Morgan fingerprint density at radius 1 is 1.18 bits per heavy atom. The number of nitrogens with zero attached hydrogens (tertiary/aromatic N) is 5. The van der Waals surface area contributed by atoms with Gasteiger partial charge in [-0.3, -0.25) is 5.32 Å². The lowest BCUT2D eigenvalue weighted by molar-refractivity contribution is 0.166. The summed E-state index contributed by atoms with van der Waals surface area (Å²) in [5.41, 5.74) is 3.17. The van der Waals surface area contributed by atoms with Crippen molar-refractivity contribution in [3.8, 4) is 33.8 Å². The van der Waals surface area contributed by atoms with Gasteiger partial charge in [0.1, 0.15) is 5.15 Å². The smallest absolute Gasteiger partial charge is 0.323 e. The number of likely N-dealkylation sites (tertiary alicyclic amines) is 1. The molecule has 1 aliphatic rings. The molecule has 2 aromatic heterocycles. The summed E-state index contributed by atoms with van der Waals surface area (Å²) in [7, 11) is 0. The lowest BCUT2D eigenvalue weighted by atomic mass is 9.82. The summed E-state index contributed by atoms with van der Waals surface area (Å²) in [5.74, 6) is 0. The van der Waals surface area contributed by atoms with E-state index in [9.17, 15) is 15.3 Å². The zero-order valence-corrected chi connectivity index (χ0v) is 19.8. The van der Waals surface area contributed by atoms with Crippen molar-refractivity contribution in [2.24, 2.45) is 5.41 Å². The standard InChI is InChI=1S/C24H21ClN6OS/c1-15-10-18(12-19(25)28-15)21-20(17-5-3-4-16(11-17)13-26)29-22(33-21)30-23(32)31-8-6-24(2,14-27)7-9-31/h3-5,10-12H,6-9H2,1-2H3,(H,29,30,32). The number of aryl methyl sites for hydroxylation is 1. The summed E-state index contributed by atoms with van der Waals surface area (Å²) in [4.78, 5) is 24.4. The van der Waals surface area contributed by atoms with Gasteiger partial charge in [0.05, 0.1) is 33.7 Å². The minimum Gasteiger partial charge on any atom is -0.324 e. The molecule has 0 radical (unpaired) electrons. The zero-order valence-electron chi connectivity index (χ0n) is 18.2. The van der Waals surface area contributed by atoms with Crippen molar-refractivity contribution in [3.63, 3.8) is 0 Å². The molecule has 3 aromatic rings. The van der Waals surface area contributed by atoms with Gasteiger partial charge in [0, 0.05) is 24.3 Å². The SMILES string of the molecule is Cc1cc(-c2sc(NC(=O)N3CCC(C)(C#N)CC3)nc2-c2cccc(C#N)c2)cc(Cl)n1. The fraction of sp³-hybridized carbons (Fsp3) is 0.292. The van der Waals surface area contributed by atoms with E-state index in [1.54, 1.807) is 29.2 Å². The van der Waals surface area contributed by atoms with Crippen LogP contribution >= 0.6 is 22.9 Å². The van der Waals surface area contributed by atoms with Crippen LogP contribution < -0.4 is 5.32 Å². The van der Waals surface area contributed by atoms with Gasteiger partial charge in [-0.05, 0) is 56.5 Å². The summed E-state index contributed by atoms with van der Waals surface area (Å²) in [6.07, 6.45) is 1.28. The number of aromatic nitrogens is 2. The molecular formula is C24H21ClN6OS. The molecule has 1 aliphatic heterocycles. The molecule has 1 aromatic carbocycles. The van der Waals surface area contributed by atoms with E-state index in [2.05, 4.69) is 22.4 Å². The van der Waals surface area contributed by atoms with E-state index in [4.69, 9.17) is 16.6 Å². The number of piperidine rings is 1. The second-order valence-electron chi connectivity index (χ2n) is 8.30. The number of rotatable bonds is 3. The highest BCUT2D eigenvalue weighted by atomic mass is 35.5. The Balaban J connectivity index is 1.67. The summed E-state index contributed by atoms with van der Waals surface area (Å²) in [6.45, 7) is 4.83. The molecule has 0 unspecified atom stereocenters. The van der Waals surface area contributed by atoms with Gasteiger partial charge in [-0.15, -0.1) is 0 Å². The lowest BCUT2D eigenvalue weighted by Gasteiger charge is -2.34. The fourth-order valence-corrected chi connectivity index (χ4v) is 4.96. The number of thiazole rings is 1. The highest BCUT2D eigenvalue weighted by Crippen LogP contribution is 2.40. The van der Waals surface area contributed by atoms with Crippen LogP contribution in [0.5, 0.6) is 0 Å². The van der Waals surface area contributed by atoms with Gasteiger partial charge in [-0.25, -0.2) is 14.8 Å². The molecule has 3 heterocycles. The number of hydrogen-bond donors (Lipinski definition) is 1. The first-order chi connectivity index (χ1) is 15.8. The molecule has 7 nitrogen and oxygen atoms in total. The monoisotopic (exact) mass is 476 g/mol. The van der Waals surface area contributed by atoms with Crippen molar-refractivity contribution in [2.75, 3.05) is 18.4 Å². The molecule has 9 heteroatoms. The van der Waals surface area contributed by atoms with E-state index in [0.29, 0.717) is 47.5 Å². The van der Waals surface area contributed by atoms with E-state index in [0.717, 1.165) is 21.7 Å². The topological polar surface area (TPSA) is 106 Å². The Labute approximate surface area is 201 Å². The van der Waals surface area contributed by atoms with Crippen molar-refractivity contribution in [1.29, 1.82) is 10.5 Å². The highest BCUT2D eigenvalue weighted by Gasteiger charge is 2.32. The zero-order chi connectivity index (χ0) is 23.6. The van der Waals surface area contributed by atoms with E-state index in [-0.39, 0.29) is 11.4 Å². The molecule has 4 rings (SSSR count). The molecule has 2 amide bonds. The first-order valence-corrected chi connectivity index (χ1v) is 11.6. The van der Waals surface area contributed by atoms with Crippen molar-refractivity contribution >= 4 is 34.1 Å². The van der Waals surface area contributed by atoms with Crippen LogP contribution in [0.4, 0.5) is 9.93 Å². The van der Waals surface area contributed by atoms with Crippen molar-refractivity contribution in [3.05, 3.63) is 52.8 Å². The number of urea groups is 1. The molecule has 33 heavy (non-hydrogen) atoms. The number of nitriles is 2. The van der Waals surface area contributed by atoms with Crippen molar-refractivity contribution < 1.29 is 4.79 Å². The first-order valence-electron chi connectivity index (χ1n) is 10.4. The number of carbonyl (C=O) groups is 1.